The quantitative estimate of drug-likeness (QED) is 0.801. The maximum atomic E-state index is 12.5. The summed E-state index contributed by atoms with van der Waals surface area (Å²) in [4.78, 5) is 3.49. The molecule has 0 radical (unpaired) electrons. The van der Waals surface area contributed by atoms with Gasteiger partial charge in [0.1, 0.15) is 0 Å². The molecule has 0 heterocycles. The molecule has 0 bridgehead atoms. The van der Waals surface area contributed by atoms with Gasteiger partial charge in [0.25, 0.3) is 9.84 Å². The van der Waals surface area contributed by atoms with Gasteiger partial charge < -0.3 is 0 Å². The monoisotopic (exact) mass is 319 g/mol. The number of halogens is 1. The van der Waals surface area contributed by atoms with Gasteiger partial charge in [0, 0.05) is 5.02 Å². The van der Waals surface area contributed by atoms with Gasteiger partial charge >= 0.3 is 5.37 Å². The standard InChI is InChI=1S/C16H14ClNO2S/c1-12-3-9-15(10-4-12)21(19,20)16(18-2)11-13-5-7-14(17)8-6-13/h3-10,16H,11H2,1H3/t16-/m1/s1. The molecular weight excluding hydrogens is 306 g/mol. The molecule has 2 aromatic carbocycles. The first-order valence-electron chi connectivity index (χ1n) is 6.35. The molecule has 1 atom stereocenters. The summed E-state index contributed by atoms with van der Waals surface area (Å²) in [5.74, 6) is 0. The zero-order valence-corrected chi connectivity index (χ0v) is 13.0. The van der Waals surface area contributed by atoms with E-state index in [2.05, 4.69) is 4.85 Å². The van der Waals surface area contributed by atoms with Gasteiger partial charge in [-0.1, -0.05) is 41.4 Å². The second-order valence-electron chi connectivity index (χ2n) is 4.77. The first kappa shape index (κ1) is 15.6. The highest BCUT2D eigenvalue weighted by molar-refractivity contribution is 7.92. The van der Waals surface area contributed by atoms with Crippen molar-refractivity contribution < 1.29 is 8.42 Å². The molecule has 2 rings (SSSR count). The van der Waals surface area contributed by atoms with E-state index in [-0.39, 0.29) is 11.3 Å². The minimum atomic E-state index is -3.66. The maximum absolute atomic E-state index is 12.5. The molecule has 5 heteroatoms. The Balaban J connectivity index is 2.30. The molecular formula is C16H14ClNO2S. The van der Waals surface area contributed by atoms with Gasteiger partial charge in [-0.25, -0.2) is 15.0 Å². The third kappa shape index (κ3) is 3.63. The number of benzene rings is 2. The number of rotatable bonds is 4. The Morgan fingerprint density at radius 3 is 2.19 bits per heavy atom. The van der Waals surface area contributed by atoms with Crippen LogP contribution in [0.15, 0.2) is 53.4 Å². The van der Waals surface area contributed by atoms with E-state index >= 15 is 0 Å². The first-order valence-corrected chi connectivity index (χ1v) is 8.27. The lowest BCUT2D eigenvalue weighted by Gasteiger charge is -2.08. The fraction of sp³-hybridized carbons (Fsp3) is 0.188. The predicted molar refractivity (Wildman–Crippen MR) is 83.9 cm³/mol. The SMILES string of the molecule is [C-]#[N+][C@@H](Cc1ccc(Cl)cc1)S(=O)(=O)c1ccc(C)cc1. The van der Waals surface area contributed by atoms with Crippen LogP contribution < -0.4 is 0 Å². The van der Waals surface area contributed by atoms with Crippen molar-refractivity contribution in [1.29, 1.82) is 0 Å². The Morgan fingerprint density at radius 1 is 1.10 bits per heavy atom. The van der Waals surface area contributed by atoms with Gasteiger partial charge in [-0.3, -0.25) is 4.85 Å². The largest absolute Gasteiger partial charge is 0.329 e. The smallest absolute Gasteiger partial charge is 0.296 e. The molecule has 0 N–H and O–H groups in total. The minimum absolute atomic E-state index is 0.150. The van der Waals surface area contributed by atoms with Crippen molar-refractivity contribution >= 4 is 21.4 Å². The first-order chi connectivity index (χ1) is 9.93. The van der Waals surface area contributed by atoms with Crippen LogP contribution in [0.5, 0.6) is 0 Å². The zero-order chi connectivity index (χ0) is 15.5. The fourth-order valence-corrected chi connectivity index (χ4v) is 3.44. The third-order valence-corrected chi connectivity index (χ3v) is 5.34. The van der Waals surface area contributed by atoms with Gasteiger partial charge in [-0.15, -0.1) is 0 Å². The van der Waals surface area contributed by atoms with Crippen molar-refractivity contribution in [1.82, 2.24) is 0 Å². The molecule has 21 heavy (non-hydrogen) atoms. The number of hydrogen-bond acceptors (Lipinski definition) is 2. The predicted octanol–water partition coefficient (Wildman–Crippen LogP) is 3.91. The van der Waals surface area contributed by atoms with Crippen LogP contribution in [0.2, 0.25) is 5.02 Å². The van der Waals surface area contributed by atoms with E-state index in [1.54, 1.807) is 48.5 Å². The summed E-state index contributed by atoms with van der Waals surface area (Å²) in [5, 5.41) is -0.541. The molecule has 0 aliphatic heterocycles. The van der Waals surface area contributed by atoms with Crippen LogP contribution in [0.1, 0.15) is 11.1 Å². The topological polar surface area (TPSA) is 38.5 Å². The van der Waals surface area contributed by atoms with Crippen molar-refractivity contribution in [3.63, 3.8) is 0 Å². The number of sulfone groups is 1. The van der Waals surface area contributed by atoms with Gasteiger partial charge in [0.05, 0.1) is 11.3 Å². The summed E-state index contributed by atoms with van der Waals surface area (Å²) < 4.78 is 25.0. The molecule has 0 unspecified atom stereocenters. The van der Waals surface area contributed by atoms with E-state index in [4.69, 9.17) is 18.2 Å². The fourth-order valence-electron chi connectivity index (χ4n) is 1.93. The lowest BCUT2D eigenvalue weighted by atomic mass is 10.1. The van der Waals surface area contributed by atoms with E-state index < -0.39 is 15.2 Å². The molecule has 0 spiro atoms. The molecule has 2 aromatic rings. The van der Waals surface area contributed by atoms with E-state index in [1.807, 2.05) is 6.92 Å². The summed E-state index contributed by atoms with van der Waals surface area (Å²) in [6.07, 6.45) is 0.150. The van der Waals surface area contributed by atoms with Crippen molar-refractivity contribution in [2.75, 3.05) is 0 Å². The Labute approximate surface area is 129 Å². The van der Waals surface area contributed by atoms with Crippen molar-refractivity contribution in [3.8, 4) is 0 Å². The normalized spacial score (nSPS) is 12.6. The van der Waals surface area contributed by atoms with E-state index in [0.29, 0.717) is 5.02 Å². The van der Waals surface area contributed by atoms with Crippen molar-refractivity contribution in [2.24, 2.45) is 0 Å². The van der Waals surface area contributed by atoms with Gasteiger partial charge in [0.15, 0.2) is 0 Å². The van der Waals surface area contributed by atoms with Crippen molar-refractivity contribution in [3.05, 3.63) is 76.1 Å². The highest BCUT2D eigenvalue weighted by Gasteiger charge is 2.32. The molecule has 0 saturated heterocycles. The molecule has 0 aliphatic rings. The summed E-state index contributed by atoms with van der Waals surface area (Å²) in [6.45, 7) is 9.10. The lowest BCUT2D eigenvalue weighted by Crippen LogP contribution is -2.20. The zero-order valence-electron chi connectivity index (χ0n) is 11.5. The maximum Gasteiger partial charge on any atom is 0.329 e. The third-order valence-electron chi connectivity index (χ3n) is 3.18. The molecule has 3 nitrogen and oxygen atoms in total. The average molecular weight is 320 g/mol. The van der Waals surface area contributed by atoms with Crippen LogP contribution >= 0.6 is 11.6 Å². The molecule has 0 aliphatic carbocycles. The summed E-state index contributed by atoms with van der Waals surface area (Å²) in [7, 11) is -3.66. The van der Waals surface area contributed by atoms with Crippen LogP contribution in [0, 0.1) is 13.5 Å². The van der Waals surface area contributed by atoms with E-state index in [9.17, 15) is 8.42 Å². The van der Waals surface area contributed by atoms with Gasteiger partial charge in [-0.2, -0.15) is 0 Å². The highest BCUT2D eigenvalue weighted by atomic mass is 35.5. The van der Waals surface area contributed by atoms with Crippen LogP contribution in [0.4, 0.5) is 0 Å². The molecule has 0 fully saturated rings. The summed E-state index contributed by atoms with van der Waals surface area (Å²) in [6, 6.07) is 13.4. The van der Waals surface area contributed by atoms with Gasteiger partial charge in [-0.05, 0) is 36.8 Å². The summed E-state index contributed by atoms with van der Waals surface area (Å²) >= 11 is 5.80. The minimum Gasteiger partial charge on any atom is -0.296 e. The van der Waals surface area contributed by atoms with Crippen LogP contribution in [-0.4, -0.2) is 13.8 Å². The van der Waals surface area contributed by atoms with Crippen LogP contribution in [0.25, 0.3) is 4.85 Å². The Morgan fingerprint density at radius 2 is 1.67 bits per heavy atom. The lowest BCUT2D eigenvalue weighted by molar-refractivity contribution is 0.587. The Bertz CT molecular complexity index is 759. The number of nitrogens with zero attached hydrogens (tertiary/aromatic N) is 1. The average Bonchev–Trinajstić information content (AvgIpc) is 2.47. The van der Waals surface area contributed by atoms with E-state index in [1.165, 1.54) is 0 Å². The van der Waals surface area contributed by atoms with E-state index in [0.717, 1.165) is 11.1 Å². The van der Waals surface area contributed by atoms with Crippen LogP contribution in [-0.2, 0) is 16.3 Å². The second-order valence-corrected chi connectivity index (χ2v) is 7.31. The number of aryl methyl sites for hydroxylation is 1. The number of hydrogen-bond donors (Lipinski definition) is 0. The Hall–Kier alpha value is -1.83. The summed E-state index contributed by atoms with van der Waals surface area (Å²) in [5.41, 5.74) is 1.75. The highest BCUT2D eigenvalue weighted by Crippen LogP contribution is 2.21. The second kappa shape index (κ2) is 6.30. The Kier molecular flexibility index (Phi) is 4.66. The van der Waals surface area contributed by atoms with Crippen molar-refractivity contribution in [2.45, 2.75) is 23.6 Å². The molecule has 0 saturated carbocycles. The molecule has 0 aromatic heterocycles. The van der Waals surface area contributed by atoms with Gasteiger partial charge in [0.2, 0.25) is 0 Å². The van der Waals surface area contributed by atoms with Crippen LogP contribution in [0.3, 0.4) is 0 Å². The molecule has 0 amide bonds. The molecule has 108 valence electrons.